The predicted molar refractivity (Wildman–Crippen MR) is 138 cm³/mol. The Labute approximate surface area is 219 Å². The zero-order chi connectivity index (χ0) is 27.1. The topological polar surface area (TPSA) is 114 Å². The van der Waals surface area contributed by atoms with Crippen molar-refractivity contribution < 1.29 is 33.7 Å². The number of ether oxygens (including phenoxy) is 2. The number of hydrogen-bond acceptors (Lipinski definition) is 6. The molecule has 1 aliphatic heterocycles. The van der Waals surface area contributed by atoms with E-state index in [0.29, 0.717) is 36.9 Å². The van der Waals surface area contributed by atoms with Gasteiger partial charge in [0.2, 0.25) is 0 Å². The number of amides is 1. The molecule has 0 saturated heterocycles. The van der Waals surface area contributed by atoms with Crippen LogP contribution in [0.15, 0.2) is 30.3 Å². The molecule has 2 aromatic carbocycles. The molecular weight excluding hydrogens is 493 g/mol. The molecule has 4 atom stereocenters. The van der Waals surface area contributed by atoms with Crippen molar-refractivity contribution in [3.63, 3.8) is 0 Å². The Morgan fingerprint density at radius 1 is 1.16 bits per heavy atom. The van der Waals surface area contributed by atoms with Crippen LogP contribution in [-0.4, -0.2) is 52.1 Å². The lowest BCUT2D eigenvalue weighted by Gasteiger charge is -2.34. The summed E-state index contributed by atoms with van der Waals surface area (Å²) in [6.07, 6.45) is 2.01. The number of para-hydroxylation sites is 1. The van der Waals surface area contributed by atoms with Gasteiger partial charge in [-0.2, -0.15) is 0 Å². The second kappa shape index (κ2) is 10.2. The van der Waals surface area contributed by atoms with Crippen LogP contribution in [0.1, 0.15) is 68.1 Å². The summed E-state index contributed by atoms with van der Waals surface area (Å²) in [5.74, 6) is -1.73. The summed E-state index contributed by atoms with van der Waals surface area (Å²) in [6.45, 7) is 1.96. The van der Waals surface area contributed by atoms with Gasteiger partial charge < -0.3 is 24.3 Å². The van der Waals surface area contributed by atoms with Crippen molar-refractivity contribution >= 4 is 28.8 Å². The molecule has 1 unspecified atom stereocenters. The number of carbonyl (C=O) groups excluding carboxylic acids is 1. The lowest BCUT2D eigenvalue weighted by atomic mass is 9.85. The molecule has 1 fully saturated rings. The number of methoxy groups -OCH3 is 2. The monoisotopic (exact) mass is 525 g/mol. The molecule has 0 spiro atoms. The first kappa shape index (κ1) is 26.0. The first-order valence-corrected chi connectivity index (χ1v) is 12.9. The highest BCUT2D eigenvalue weighted by Crippen LogP contribution is 2.43. The standard InChI is InChI=1S/C28H32FN3O6/c1-15-10-11-18-21(31(15)28(36)38-3)12-13-22-23(18)30-26(24(33)19-8-5-9-20(29)25(19)37-2)32(22)17-7-4-6-16(14-17)27(34)35/h5,8-9,12-13,15-17,24,33H,4,6-7,10-11,14H2,1-3H3,(H,34,35)/t15-,16+,17+,24?/m0/s1. The molecule has 2 aliphatic rings. The maximum absolute atomic E-state index is 14.6. The quantitative estimate of drug-likeness (QED) is 0.482. The molecule has 9 nitrogen and oxygen atoms in total. The maximum Gasteiger partial charge on any atom is 0.414 e. The summed E-state index contributed by atoms with van der Waals surface area (Å²) in [4.78, 5) is 31.0. The number of carboxylic acids is 1. The number of anilines is 1. The number of aliphatic hydroxyl groups is 1. The molecule has 1 saturated carbocycles. The lowest BCUT2D eigenvalue weighted by molar-refractivity contribution is -0.143. The van der Waals surface area contributed by atoms with Crippen molar-refractivity contribution in [2.45, 2.75) is 63.6 Å². The number of aliphatic hydroxyl groups excluding tert-OH is 1. The van der Waals surface area contributed by atoms with Gasteiger partial charge in [0.1, 0.15) is 11.9 Å². The molecule has 0 radical (unpaired) electrons. The van der Waals surface area contributed by atoms with Gasteiger partial charge in [0, 0.05) is 23.2 Å². The molecule has 202 valence electrons. The van der Waals surface area contributed by atoms with Gasteiger partial charge in [-0.1, -0.05) is 18.6 Å². The molecule has 2 N–H and O–H groups in total. The van der Waals surface area contributed by atoms with Crippen molar-refractivity contribution in [2.24, 2.45) is 5.92 Å². The highest BCUT2D eigenvalue weighted by atomic mass is 19.1. The zero-order valence-electron chi connectivity index (χ0n) is 21.7. The Morgan fingerprint density at radius 2 is 1.95 bits per heavy atom. The van der Waals surface area contributed by atoms with E-state index in [1.807, 2.05) is 23.6 Å². The predicted octanol–water partition coefficient (Wildman–Crippen LogP) is 4.99. The number of rotatable bonds is 5. The summed E-state index contributed by atoms with van der Waals surface area (Å²) in [5, 5.41) is 21.3. The van der Waals surface area contributed by atoms with Crippen LogP contribution in [0.4, 0.5) is 14.9 Å². The number of aromatic nitrogens is 2. The van der Waals surface area contributed by atoms with Crippen molar-refractivity contribution in [3.05, 3.63) is 53.1 Å². The number of carboxylic acid groups (broad SMARTS) is 1. The number of carbonyl (C=O) groups is 2. The Balaban J connectivity index is 1.72. The van der Waals surface area contributed by atoms with Crippen LogP contribution < -0.4 is 9.64 Å². The highest BCUT2D eigenvalue weighted by Gasteiger charge is 2.36. The Kier molecular flexibility index (Phi) is 7.00. The average Bonchev–Trinajstić information content (AvgIpc) is 3.32. The summed E-state index contributed by atoms with van der Waals surface area (Å²) in [6, 6.07) is 7.78. The van der Waals surface area contributed by atoms with Crippen LogP contribution in [0.5, 0.6) is 5.75 Å². The van der Waals surface area contributed by atoms with Crippen molar-refractivity contribution in [1.29, 1.82) is 0 Å². The fourth-order valence-electron chi connectivity index (χ4n) is 6.09. The minimum Gasteiger partial charge on any atom is -0.493 e. The summed E-state index contributed by atoms with van der Waals surface area (Å²) in [5.41, 5.74) is 3.15. The van der Waals surface area contributed by atoms with Gasteiger partial charge in [0.05, 0.1) is 36.9 Å². The molecule has 38 heavy (non-hydrogen) atoms. The fraction of sp³-hybridized carbons (Fsp3) is 0.464. The van der Waals surface area contributed by atoms with E-state index in [1.165, 1.54) is 26.4 Å². The van der Waals surface area contributed by atoms with Crippen LogP contribution in [0.3, 0.4) is 0 Å². The number of nitrogens with zero attached hydrogens (tertiary/aromatic N) is 3. The first-order valence-electron chi connectivity index (χ1n) is 12.9. The van der Waals surface area contributed by atoms with Crippen LogP contribution in [0.2, 0.25) is 0 Å². The van der Waals surface area contributed by atoms with Crippen LogP contribution in [-0.2, 0) is 16.0 Å². The van der Waals surface area contributed by atoms with Crippen molar-refractivity contribution in [2.75, 3.05) is 19.1 Å². The fourth-order valence-corrected chi connectivity index (χ4v) is 6.09. The number of aryl methyl sites for hydroxylation is 1. The van der Waals surface area contributed by atoms with Gasteiger partial charge in [-0.05, 0) is 57.2 Å². The molecule has 1 amide bonds. The van der Waals surface area contributed by atoms with Gasteiger partial charge >= 0.3 is 12.1 Å². The van der Waals surface area contributed by atoms with E-state index in [4.69, 9.17) is 14.5 Å². The maximum atomic E-state index is 14.6. The molecule has 3 aromatic rings. The SMILES string of the molecule is COC(=O)N1c2ccc3c(nc(C(O)c4cccc(F)c4OC)n3[C@@H]3CCC[C@@H](C(=O)O)C3)c2CC[C@@H]1C. The van der Waals surface area contributed by atoms with E-state index in [-0.39, 0.29) is 29.2 Å². The van der Waals surface area contributed by atoms with Gasteiger partial charge in [-0.15, -0.1) is 0 Å². The van der Waals surface area contributed by atoms with Crippen LogP contribution in [0, 0.1) is 11.7 Å². The minimum atomic E-state index is -1.33. The second-order valence-corrected chi connectivity index (χ2v) is 10.1. The third-order valence-electron chi connectivity index (χ3n) is 7.95. The van der Waals surface area contributed by atoms with Gasteiger partial charge in [0.25, 0.3) is 0 Å². The van der Waals surface area contributed by atoms with E-state index in [0.717, 1.165) is 23.9 Å². The largest absolute Gasteiger partial charge is 0.493 e. The van der Waals surface area contributed by atoms with Crippen LogP contribution in [0.25, 0.3) is 11.0 Å². The van der Waals surface area contributed by atoms with Crippen molar-refractivity contribution in [1.82, 2.24) is 9.55 Å². The summed E-state index contributed by atoms with van der Waals surface area (Å²) in [7, 11) is 2.69. The molecule has 1 aliphatic carbocycles. The van der Waals surface area contributed by atoms with E-state index in [9.17, 15) is 24.2 Å². The normalized spacial score (nSPS) is 22.1. The second-order valence-electron chi connectivity index (χ2n) is 10.1. The number of aliphatic carboxylic acids is 1. The van der Waals surface area contributed by atoms with E-state index in [1.54, 1.807) is 11.0 Å². The van der Waals surface area contributed by atoms with Gasteiger partial charge in [-0.25, -0.2) is 14.2 Å². The average molecular weight is 526 g/mol. The summed E-state index contributed by atoms with van der Waals surface area (Å²) >= 11 is 0. The van der Waals surface area contributed by atoms with Crippen LogP contribution >= 0.6 is 0 Å². The van der Waals surface area contributed by atoms with Gasteiger partial charge in [0.15, 0.2) is 11.6 Å². The van der Waals surface area contributed by atoms with Gasteiger partial charge in [-0.3, -0.25) is 9.69 Å². The third-order valence-corrected chi connectivity index (χ3v) is 7.95. The third kappa shape index (κ3) is 4.26. The molecule has 2 heterocycles. The Morgan fingerprint density at radius 3 is 2.66 bits per heavy atom. The first-order chi connectivity index (χ1) is 18.3. The Hall–Kier alpha value is -3.66. The zero-order valence-corrected chi connectivity index (χ0v) is 21.7. The summed E-state index contributed by atoms with van der Waals surface area (Å²) < 4.78 is 26.8. The van der Waals surface area contributed by atoms with Crippen molar-refractivity contribution in [3.8, 4) is 5.75 Å². The molecule has 5 rings (SSSR count). The highest BCUT2D eigenvalue weighted by molar-refractivity contribution is 5.95. The molecule has 10 heteroatoms. The smallest absolute Gasteiger partial charge is 0.414 e. The number of fused-ring (bicyclic) bond motifs is 3. The number of benzene rings is 2. The molecule has 1 aromatic heterocycles. The molecular formula is C28H32FN3O6. The minimum absolute atomic E-state index is 0.0641. The Bertz CT molecular complexity index is 1390. The lowest BCUT2D eigenvalue weighted by Crippen LogP contribution is -2.42. The number of hydrogen-bond donors (Lipinski definition) is 2. The molecule has 0 bridgehead atoms. The van der Waals surface area contributed by atoms with E-state index >= 15 is 0 Å². The van der Waals surface area contributed by atoms with E-state index < -0.39 is 29.9 Å². The number of halogens is 1. The number of imidazole rings is 1. The van der Waals surface area contributed by atoms with E-state index in [2.05, 4.69) is 0 Å².